The summed E-state index contributed by atoms with van der Waals surface area (Å²) in [4.78, 5) is 0. The molecular weight excluding hydrogens is 140 g/mol. The van der Waals surface area contributed by atoms with Crippen LogP contribution >= 0.6 is 0 Å². The van der Waals surface area contributed by atoms with E-state index in [1.54, 1.807) is 0 Å². The van der Waals surface area contributed by atoms with Gasteiger partial charge < -0.3 is 9.47 Å². The molecule has 64 valence electrons. The van der Waals surface area contributed by atoms with Crippen molar-refractivity contribution >= 4 is 0 Å². The second kappa shape index (κ2) is 4.52. The Balaban J connectivity index is 2.32. The minimum absolute atomic E-state index is 0.0139. The van der Waals surface area contributed by atoms with Gasteiger partial charge in [0.1, 0.15) is 0 Å². The normalized spacial score (nSPS) is 24.2. The maximum atomic E-state index is 5.42. The van der Waals surface area contributed by atoms with Crippen LogP contribution < -0.4 is 0 Å². The highest BCUT2D eigenvalue weighted by Crippen LogP contribution is 2.14. The molecule has 0 aromatic heterocycles. The highest BCUT2D eigenvalue weighted by molar-refractivity contribution is 4.85. The first kappa shape index (κ1) is 8.75. The predicted octanol–water partition coefficient (Wildman–Crippen LogP) is 1.96. The Kier molecular flexibility index (Phi) is 3.60. The molecular formula is C9H16O2. The van der Waals surface area contributed by atoms with Gasteiger partial charge in [0.15, 0.2) is 6.29 Å². The molecule has 0 N–H and O–H groups in total. The topological polar surface area (TPSA) is 18.5 Å². The van der Waals surface area contributed by atoms with Crippen molar-refractivity contribution in [1.82, 2.24) is 0 Å². The Hall–Kier alpha value is -0.340. The number of ether oxygens (including phenoxy) is 2. The van der Waals surface area contributed by atoms with Gasteiger partial charge in [-0.3, -0.25) is 0 Å². The van der Waals surface area contributed by atoms with Gasteiger partial charge in [0.2, 0.25) is 0 Å². The number of rotatable bonds is 2. The summed E-state index contributed by atoms with van der Waals surface area (Å²) in [5, 5.41) is 0. The molecule has 0 aromatic carbocycles. The van der Waals surface area contributed by atoms with E-state index in [4.69, 9.17) is 9.47 Å². The van der Waals surface area contributed by atoms with Gasteiger partial charge in [-0.05, 0) is 13.3 Å². The zero-order valence-corrected chi connectivity index (χ0v) is 7.25. The first-order valence-electron chi connectivity index (χ1n) is 4.20. The monoisotopic (exact) mass is 156 g/mol. The average molecular weight is 156 g/mol. The van der Waals surface area contributed by atoms with E-state index < -0.39 is 0 Å². The first-order valence-corrected chi connectivity index (χ1v) is 4.20. The molecule has 11 heavy (non-hydrogen) atoms. The molecule has 1 atom stereocenters. The van der Waals surface area contributed by atoms with Crippen LogP contribution in [-0.4, -0.2) is 19.5 Å². The summed E-state index contributed by atoms with van der Waals surface area (Å²) >= 11 is 0. The van der Waals surface area contributed by atoms with E-state index in [1.165, 1.54) is 0 Å². The molecule has 1 unspecified atom stereocenters. The van der Waals surface area contributed by atoms with Crippen molar-refractivity contribution in [2.24, 2.45) is 5.92 Å². The van der Waals surface area contributed by atoms with Gasteiger partial charge in [-0.25, -0.2) is 0 Å². The van der Waals surface area contributed by atoms with Crippen molar-refractivity contribution in [2.45, 2.75) is 26.6 Å². The molecule has 0 radical (unpaired) electrons. The van der Waals surface area contributed by atoms with Gasteiger partial charge in [0, 0.05) is 5.92 Å². The third kappa shape index (κ3) is 2.64. The van der Waals surface area contributed by atoms with Crippen LogP contribution in [0, 0.1) is 5.92 Å². The second-order valence-corrected chi connectivity index (χ2v) is 2.85. The fraction of sp³-hybridized carbons (Fsp3) is 0.778. The maximum absolute atomic E-state index is 5.42. The van der Waals surface area contributed by atoms with Gasteiger partial charge in [0.05, 0.1) is 13.2 Å². The second-order valence-electron chi connectivity index (χ2n) is 2.85. The summed E-state index contributed by atoms with van der Waals surface area (Å²) in [6.07, 6.45) is 5.15. The van der Waals surface area contributed by atoms with Crippen LogP contribution in [-0.2, 0) is 9.47 Å². The zero-order valence-electron chi connectivity index (χ0n) is 7.25. The lowest BCUT2D eigenvalue weighted by molar-refractivity contribution is -0.194. The Morgan fingerprint density at radius 1 is 1.36 bits per heavy atom. The van der Waals surface area contributed by atoms with Gasteiger partial charge in [0.25, 0.3) is 0 Å². The van der Waals surface area contributed by atoms with E-state index in [2.05, 4.69) is 13.0 Å². The number of hydrogen-bond acceptors (Lipinski definition) is 2. The molecule has 1 rings (SSSR count). The van der Waals surface area contributed by atoms with Crippen LogP contribution in [0.3, 0.4) is 0 Å². The highest BCUT2D eigenvalue weighted by atomic mass is 16.7. The number of hydrogen-bond donors (Lipinski definition) is 0. The summed E-state index contributed by atoms with van der Waals surface area (Å²) in [5.74, 6) is 0.375. The van der Waals surface area contributed by atoms with Crippen molar-refractivity contribution in [3.05, 3.63) is 12.2 Å². The van der Waals surface area contributed by atoms with E-state index in [9.17, 15) is 0 Å². The smallest absolute Gasteiger partial charge is 0.163 e. The fourth-order valence-corrected chi connectivity index (χ4v) is 1.20. The lowest BCUT2D eigenvalue weighted by Gasteiger charge is -2.26. The molecule has 0 saturated carbocycles. The zero-order chi connectivity index (χ0) is 8.10. The van der Waals surface area contributed by atoms with Crippen LogP contribution in [0.25, 0.3) is 0 Å². The van der Waals surface area contributed by atoms with E-state index in [1.807, 2.05) is 13.0 Å². The van der Waals surface area contributed by atoms with Crippen LogP contribution in [0.2, 0.25) is 0 Å². The minimum atomic E-state index is -0.0139. The Morgan fingerprint density at radius 3 is 2.55 bits per heavy atom. The molecule has 2 heteroatoms. The minimum Gasteiger partial charge on any atom is -0.352 e. The highest BCUT2D eigenvalue weighted by Gasteiger charge is 2.18. The van der Waals surface area contributed by atoms with Crippen molar-refractivity contribution in [3.8, 4) is 0 Å². The molecule has 1 saturated heterocycles. The summed E-state index contributed by atoms with van der Waals surface area (Å²) in [7, 11) is 0. The Morgan fingerprint density at radius 2 is 2.00 bits per heavy atom. The van der Waals surface area contributed by atoms with Gasteiger partial charge >= 0.3 is 0 Å². The Labute approximate surface area is 68.2 Å². The van der Waals surface area contributed by atoms with Crippen molar-refractivity contribution in [2.75, 3.05) is 13.2 Å². The standard InChI is InChI=1S/C9H16O2/c1-3-5-8(2)9-10-6-4-7-11-9/h3,5,8-9H,4,6-7H2,1-2H3. The summed E-state index contributed by atoms with van der Waals surface area (Å²) in [6, 6.07) is 0. The SMILES string of the molecule is CC=CC(C)C1OCCCO1. The first-order chi connectivity index (χ1) is 5.34. The van der Waals surface area contributed by atoms with Crippen LogP contribution in [0.1, 0.15) is 20.3 Å². The van der Waals surface area contributed by atoms with Gasteiger partial charge in [-0.2, -0.15) is 0 Å². The van der Waals surface area contributed by atoms with Crippen molar-refractivity contribution in [3.63, 3.8) is 0 Å². The van der Waals surface area contributed by atoms with E-state index in [0.29, 0.717) is 5.92 Å². The molecule has 2 nitrogen and oxygen atoms in total. The number of allylic oxidation sites excluding steroid dienone is 1. The lowest BCUT2D eigenvalue weighted by Crippen LogP contribution is -2.29. The van der Waals surface area contributed by atoms with E-state index >= 15 is 0 Å². The molecule has 1 fully saturated rings. The molecule has 0 spiro atoms. The molecule has 0 aliphatic carbocycles. The van der Waals surface area contributed by atoms with E-state index in [-0.39, 0.29) is 6.29 Å². The molecule has 0 bridgehead atoms. The molecule has 1 heterocycles. The summed E-state index contributed by atoms with van der Waals surface area (Å²) in [6.45, 7) is 5.80. The van der Waals surface area contributed by atoms with Crippen molar-refractivity contribution in [1.29, 1.82) is 0 Å². The van der Waals surface area contributed by atoms with Crippen LogP contribution in [0.5, 0.6) is 0 Å². The molecule has 0 aromatic rings. The maximum Gasteiger partial charge on any atom is 0.163 e. The van der Waals surface area contributed by atoms with Gasteiger partial charge in [-0.15, -0.1) is 0 Å². The summed E-state index contributed by atoms with van der Waals surface area (Å²) in [5.41, 5.74) is 0. The lowest BCUT2D eigenvalue weighted by atomic mass is 10.1. The van der Waals surface area contributed by atoms with Crippen LogP contribution in [0.4, 0.5) is 0 Å². The molecule has 1 aliphatic rings. The van der Waals surface area contributed by atoms with E-state index in [0.717, 1.165) is 19.6 Å². The third-order valence-electron chi connectivity index (χ3n) is 1.78. The quantitative estimate of drug-likeness (QED) is 0.569. The summed E-state index contributed by atoms with van der Waals surface area (Å²) < 4.78 is 10.8. The molecule has 1 aliphatic heterocycles. The van der Waals surface area contributed by atoms with Gasteiger partial charge in [-0.1, -0.05) is 19.1 Å². The Bertz CT molecular complexity index is 126. The third-order valence-corrected chi connectivity index (χ3v) is 1.78. The van der Waals surface area contributed by atoms with Crippen LogP contribution in [0.15, 0.2) is 12.2 Å². The largest absolute Gasteiger partial charge is 0.352 e. The fourth-order valence-electron chi connectivity index (χ4n) is 1.20. The average Bonchev–Trinajstić information content (AvgIpc) is 2.07. The molecule has 0 amide bonds. The predicted molar refractivity (Wildman–Crippen MR) is 44.3 cm³/mol. The van der Waals surface area contributed by atoms with Crippen molar-refractivity contribution < 1.29 is 9.47 Å².